The summed E-state index contributed by atoms with van der Waals surface area (Å²) in [5.41, 5.74) is 2.57. The zero-order valence-electron chi connectivity index (χ0n) is 10.7. The highest BCUT2D eigenvalue weighted by Gasteiger charge is 2.05. The van der Waals surface area contributed by atoms with Gasteiger partial charge in [0, 0.05) is 30.4 Å². The molecule has 16 heavy (non-hydrogen) atoms. The molecule has 1 aromatic rings. The number of nitrogens with one attached hydrogen (secondary N) is 1. The standard InChI is InChI=1S/C13H23N3/c1-5-6-7-8-16-12(4)13(10-15-16)9-14-11(2)3/h5,10-11,14H,1,6-9H2,2-4H3. The molecule has 90 valence electrons. The lowest BCUT2D eigenvalue weighted by Gasteiger charge is -2.08. The first-order valence-electron chi connectivity index (χ1n) is 6.00. The second-order valence-corrected chi connectivity index (χ2v) is 4.44. The van der Waals surface area contributed by atoms with E-state index in [9.17, 15) is 0 Å². The van der Waals surface area contributed by atoms with Crippen molar-refractivity contribution in [2.45, 2.75) is 52.7 Å². The van der Waals surface area contributed by atoms with E-state index < -0.39 is 0 Å². The molecule has 3 heteroatoms. The summed E-state index contributed by atoms with van der Waals surface area (Å²) >= 11 is 0. The van der Waals surface area contributed by atoms with Crippen molar-refractivity contribution in [2.24, 2.45) is 0 Å². The van der Waals surface area contributed by atoms with Gasteiger partial charge in [-0.1, -0.05) is 19.9 Å². The van der Waals surface area contributed by atoms with Gasteiger partial charge in [-0.25, -0.2) is 0 Å². The summed E-state index contributed by atoms with van der Waals surface area (Å²) in [5.74, 6) is 0. The van der Waals surface area contributed by atoms with E-state index in [-0.39, 0.29) is 0 Å². The van der Waals surface area contributed by atoms with E-state index in [1.54, 1.807) is 0 Å². The Kier molecular flexibility index (Phi) is 5.26. The minimum Gasteiger partial charge on any atom is -0.310 e. The van der Waals surface area contributed by atoms with Gasteiger partial charge < -0.3 is 5.32 Å². The fraction of sp³-hybridized carbons (Fsp3) is 0.615. The predicted molar refractivity (Wildman–Crippen MR) is 68.4 cm³/mol. The van der Waals surface area contributed by atoms with E-state index in [0.717, 1.165) is 25.9 Å². The van der Waals surface area contributed by atoms with Crippen molar-refractivity contribution in [3.8, 4) is 0 Å². The summed E-state index contributed by atoms with van der Waals surface area (Å²) in [6.07, 6.45) is 6.10. The Morgan fingerprint density at radius 1 is 1.56 bits per heavy atom. The zero-order valence-corrected chi connectivity index (χ0v) is 10.7. The summed E-state index contributed by atoms with van der Waals surface area (Å²) < 4.78 is 2.08. The molecule has 0 bridgehead atoms. The Labute approximate surface area is 98.5 Å². The van der Waals surface area contributed by atoms with Crippen molar-refractivity contribution in [1.29, 1.82) is 0 Å². The lowest BCUT2D eigenvalue weighted by molar-refractivity contribution is 0.562. The van der Waals surface area contributed by atoms with Crippen LogP contribution in [0.15, 0.2) is 18.9 Å². The van der Waals surface area contributed by atoms with E-state index in [2.05, 4.69) is 42.4 Å². The van der Waals surface area contributed by atoms with Gasteiger partial charge in [0.25, 0.3) is 0 Å². The first-order chi connectivity index (χ1) is 7.65. The summed E-state index contributed by atoms with van der Waals surface area (Å²) in [6, 6.07) is 0.517. The van der Waals surface area contributed by atoms with Crippen molar-refractivity contribution >= 4 is 0 Å². The molecule has 1 N–H and O–H groups in total. The van der Waals surface area contributed by atoms with E-state index in [1.807, 2.05) is 12.3 Å². The largest absolute Gasteiger partial charge is 0.310 e. The molecule has 3 nitrogen and oxygen atoms in total. The van der Waals surface area contributed by atoms with Crippen LogP contribution in [0.5, 0.6) is 0 Å². The van der Waals surface area contributed by atoms with Crippen molar-refractivity contribution in [2.75, 3.05) is 0 Å². The number of unbranched alkanes of at least 4 members (excludes halogenated alkanes) is 1. The highest BCUT2D eigenvalue weighted by molar-refractivity contribution is 5.15. The Hall–Kier alpha value is -1.09. The fourth-order valence-corrected chi connectivity index (χ4v) is 1.58. The van der Waals surface area contributed by atoms with Crippen LogP contribution in [0.2, 0.25) is 0 Å². The van der Waals surface area contributed by atoms with Gasteiger partial charge in [0.15, 0.2) is 0 Å². The Bertz CT molecular complexity index is 326. The van der Waals surface area contributed by atoms with Crippen LogP contribution in [0, 0.1) is 6.92 Å². The van der Waals surface area contributed by atoms with Crippen LogP contribution in [0.4, 0.5) is 0 Å². The van der Waals surface area contributed by atoms with Gasteiger partial charge in [-0.3, -0.25) is 4.68 Å². The molecule has 0 unspecified atom stereocenters. The maximum Gasteiger partial charge on any atom is 0.0537 e. The molecule has 0 fully saturated rings. The van der Waals surface area contributed by atoms with Crippen LogP contribution in [0.25, 0.3) is 0 Å². The molecular weight excluding hydrogens is 198 g/mol. The number of aryl methyl sites for hydroxylation is 1. The Balaban J connectivity index is 2.51. The zero-order chi connectivity index (χ0) is 12.0. The molecule has 1 aromatic heterocycles. The van der Waals surface area contributed by atoms with Crippen LogP contribution >= 0.6 is 0 Å². The molecule has 0 saturated carbocycles. The normalized spacial score (nSPS) is 11.0. The average Bonchev–Trinajstić information content (AvgIpc) is 2.58. The van der Waals surface area contributed by atoms with Crippen molar-refractivity contribution in [3.63, 3.8) is 0 Å². The molecule has 0 spiro atoms. The minimum atomic E-state index is 0.517. The SMILES string of the molecule is C=CCCCn1ncc(CNC(C)C)c1C. The van der Waals surface area contributed by atoms with Gasteiger partial charge in [0.05, 0.1) is 6.20 Å². The summed E-state index contributed by atoms with van der Waals surface area (Å²) in [5, 5.41) is 7.82. The van der Waals surface area contributed by atoms with Gasteiger partial charge in [-0.05, 0) is 19.8 Å². The van der Waals surface area contributed by atoms with Gasteiger partial charge in [0.2, 0.25) is 0 Å². The van der Waals surface area contributed by atoms with Crippen molar-refractivity contribution in [1.82, 2.24) is 15.1 Å². The molecule has 0 atom stereocenters. The fourth-order valence-electron chi connectivity index (χ4n) is 1.58. The van der Waals surface area contributed by atoms with E-state index in [1.165, 1.54) is 11.3 Å². The van der Waals surface area contributed by atoms with Gasteiger partial charge >= 0.3 is 0 Å². The number of hydrogen-bond acceptors (Lipinski definition) is 2. The molecule has 0 amide bonds. The van der Waals surface area contributed by atoms with E-state index in [0.29, 0.717) is 6.04 Å². The Morgan fingerprint density at radius 3 is 2.94 bits per heavy atom. The number of hydrogen-bond donors (Lipinski definition) is 1. The van der Waals surface area contributed by atoms with Gasteiger partial charge in [-0.2, -0.15) is 5.10 Å². The maximum atomic E-state index is 4.41. The van der Waals surface area contributed by atoms with Gasteiger partial charge in [0.1, 0.15) is 0 Å². The van der Waals surface area contributed by atoms with Crippen molar-refractivity contribution in [3.05, 3.63) is 30.1 Å². The van der Waals surface area contributed by atoms with Crippen LogP contribution in [-0.2, 0) is 13.1 Å². The highest BCUT2D eigenvalue weighted by Crippen LogP contribution is 2.08. The van der Waals surface area contributed by atoms with E-state index >= 15 is 0 Å². The number of rotatable bonds is 7. The maximum absolute atomic E-state index is 4.41. The van der Waals surface area contributed by atoms with Crippen LogP contribution < -0.4 is 5.32 Å². The molecule has 0 radical (unpaired) electrons. The molecule has 0 aliphatic heterocycles. The molecule has 0 saturated heterocycles. The third kappa shape index (κ3) is 3.81. The van der Waals surface area contributed by atoms with E-state index in [4.69, 9.17) is 0 Å². The highest BCUT2D eigenvalue weighted by atomic mass is 15.3. The Morgan fingerprint density at radius 2 is 2.31 bits per heavy atom. The molecule has 0 aliphatic rings. The third-order valence-electron chi connectivity index (χ3n) is 2.68. The first kappa shape index (κ1) is 13.0. The molecule has 0 aliphatic carbocycles. The second-order valence-electron chi connectivity index (χ2n) is 4.44. The second kappa shape index (κ2) is 6.48. The molecule has 1 rings (SSSR count). The molecular formula is C13H23N3. The van der Waals surface area contributed by atoms with Crippen molar-refractivity contribution < 1.29 is 0 Å². The molecule has 0 aromatic carbocycles. The molecule has 1 heterocycles. The summed E-state index contributed by atoms with van der Waals surface area (Å²) in [4.78, 5) is 0. The van der Waals surface area contributed by atoms with Crippen LogP contribution in [0.3, 0.4) is 0 Å². The van der Waals surface area contributed by atoms with Gasteiger partial charge in [-0.15, -0.1) is 6.58 Å². The topological polar surface area (TPSA) is 29.9 Å². The van der Waals surface area contributed by atoms with Crippen LogP contribution in [-0.4, -0.2) is 15.8 Å². The smallest absolute Gasteiger partial charge is 0.0537 e. The number of nitrogens with zero attached hydrogens (tertiary/aromatic N) is 2. The number of aromatic nitrogens is 2. The third-order valence-corrected chi connectivity index (χ3v) is 2.68. The summed E-state index contributed by atoms with van der Waals surface area (Å²) in [7, 11) is 0. The lowest BCUT2D eigenvalue weighted by atomic mass is 10.2. The van der Waals surface area contributed by atoms with Crippen LogP contribution in [0.1, 0.15) is 37.9 Å². The predicted octanol–water partition coefficient (Wildman–Crippen LogP) is 2.66. The minimum absolute atomic E-state index is 0.517. The quantitative estimate of drug-likeness (QED) is 0.566. The summed E-state index contributed by atoms with van der Waals surface area (Å²) in [6.45, 7) is 12.1. The first-order valence-corrected chi connectivity index (χ1v) is 6.00. The monoisotopic (exact) mass is 221 g/mol. The lowest BCUT2D eigenvalue weighted by Crippen LogP contribution is -2.22. The average molecular weight is 221 g/mol. The number of allylic oxidation sites excluding steroid dienone is 1.